The van der Waals surface area contributed by atoms with Crippen molar-refractivity contribution in [2.45, 2.75) is 6.10 Å². The number of benzene rings is 1. The molecule has 0 amide bonds. The summed E-state index contributed by atoms with van der Waals surface area (Å²) in [6.45, 7) is 3.93. The first kappa shape index (κ1) is 16.3. The monoisotopic (exact) mass is 337 g/mol. The van der Waals surface area contributed by atoms with Gasteiger partial charge in [0.2, 0.25) is 0 Å². The number of aliphatic hydroxyl groups is 1. The fourth-order valence-corrected chi connectivity index (χ4v) is 3.43. The molecular formula is C20H23N3O2. The van der Waals surface area contributed by atoms with Gasteiger partial charge in [0.25, 0.3) is 0 Å². The van der Waals surface area contributed by atoms with E-state index in [4.69, 9.17) is 4.74 Å². The summed E-state index contributed by atoms with van der Waals surface area (Å²) in [5.74, 6) is 0. The Labute approximate surface area is 147 Å². The van der Waals surface area contributed by atoms with E-state index in [-0.39, 0.29) is 0 Å². The number of nitrogens with zero attached hydrogens (tertiary/aromatic N) is 3. The van der Waals surface area contributed by atoms with Crippen LogP contribution in [0.1, 0.15) is 11.7 Å². The van der Waals surface area contributed by atoms with Crippen molar-refractivity contribution in [3.8, 4) is 11.1 Å². The molecule has 5 heteroatoms. The van der Waals surface area contributed by atoms with Gasteiger partial charge in [-0.05, 0) is 28.8 Å². The average molecular weight is 337 g/mol. The van der Waals surface area contributed by atoms with E-state index in [9.17, 15) is 5.11 Å². The Kier molecular flexibility index (Phi) is 4.53. The summed E-state index contributed by atoms with van der Waals surface area (Å²) in [6.07, 6.45) is 3.40. The van der Waals surface area contributed by atoms with Crippen LogP contribution in [-0.2, 0) is 11.8 Å². The van der Waals surface area contributed by atoms with Crippen LogP contribution in [0.4, 0.5) is 0 Å². The molecule has 1 aromatic carbocycles. The molecule has 4 rings (SSSR count). The van der Waals surface area contributed by atoms with E-state index in [1.54, 1.807) is 0 Å². The lowest BCUT2D eigenvalue weighted by Gasteiger charge is -2.28. The van der Waals surface area contributed by atoms with Crippen LogP contribution in [0, 0.1) is 0 Å². The normalized spacial score (nSPS) is 17.0. The molecule has 0 spiro atoms. The van der Waals surface area contributed by atoms with Crippen LogP contribution < -0.4 is 0 Å². The van der Waals surface area contributed by atoms with Crippen LogP contribution in [-0.4, -0.2) is 52.4 Å². The fourth-order valence-electron chi connectivity index (χ4n) is 3.43. The van der Waals surface area contributed by atoms with Gasteiger partial charge in [-0.15, -0.1) is 0 Å². The topological polar surface area (TPSA) is 50.5 Å². The van der Waals surface area contributed by atoms with Gasteiger partial charge in [-0.25, -0.2) is 4.98 Å². The predicted octanol–water partition coefficient (Wildman–Crippen LogP) is 2.61. The lowest BCUT2D eigenvalue weighted by atomic mass is 10.0. The molecule has 0 radical (unpaired) electrons. The molecule has 1 atom stereocenters. The molecule has 2 aromatic heterocycles. The number of ether oxygens (including phenoxy) is 1. The molecular weight excluding hydrogens is 314 g/mol. The molecule has 0 unspecified atom stereocenters. The Hall–Kier alpha value is -2.21. The lowest BCUT2D eigenvalue weighted by molar-refractivity contribution is 0.0143. The summed E-state index contributed by atoms with van der Waals surface area (Å²) in [7, 11) is 2.00. The van der Waals surface area contributed by atoms with Crippen LogP contribution in [0.3, 0.4) is 0 Å². The van der Waals surface area contributed by atoms with Crippen LogP contribution in [0.15, 0.2) is 48.8 Å². The summed E-state index contributed by atoms with van der Waals surface area (Å²) in [6, 6.07) is 12.4. The highest BCUT2D eigenvalue weighted by atomic mass is 16.5. The molecule has 0 bridgehead atoms. The number of pyridine rings is 1. The zero-order chi connectivity index (χ0) is 17.2. The number of rotatable bonds is 4. The smallest absolute Gasteiger partial charge is 0.140 e. The third-order valence-electron chi connectivity index (χ3n) is 4.91. The number of morpholine rings is 1. The Balaban J connectivity index is 1.55. The Morgan fingerprint density at radius 1 is 1.12 bits per heavy atom. The van der Waals surface area contributed by atoms with Gasteiger partial charge in [0.05, 0.1) is 19.3 Å². The number of aliphatic hydroxyl groups excluding tert-OH is 1. The number of aryl methyl sites for hydroxylation is 1. The maximum Gasteiger partial charge on any atom is 0.140 e. The molecule has 1 aliphatic heterocycles. The first-order chi connectivity index (χ1) is 12.2. The van der Waals surface area contributed by atoms with Crippen LogP contribution >= 0.6 is 0 Å². The number of β-amino-alcohol motifs (C(OH)–C–C–N with tert-alkyl or cyclic N) is 1. The largest absolute Gasteiger partial charge is 0.387 e. The first-order valence-corrected chi connectivity index (χ1v) is 8.71. The highest BCUT2D eigenvalue weighted by Gasteiger charge is 2.16. The second-order valence-electron chi connectivity index (χ2n) is 6.57. The Morgan fingerprint density at radius 2 is 1.88 bits per heavy atom. The van der Waals surface area contributed by atoms with Gasteiger partial charge in [-0.2, -0.15) is 0 Å². The van der Waals surface area contributed by atoms with E-state index in [1.807, 2.05) is 42.2 Å². The van der Waals surface area contributed by atoms with E-state index >= 15 is 0 Å². The number of aromatic nitrogens is 2. The van der Waals surface area contributed by atoms with E-state index in [0.29, 0.717) is 6.54 Å². The molecule has 0 saturated carbocycles. The second kappa shape index (κ2) is 6.96. The number of fused-ring (bicyclic) bond motifs is 1. The van der Waals surface area contributed by atoms with Gasteiger partial charge >= 0.3 is 0 Å². The van der Waals surface area contributed by atoms with E-state index in [2.05, 4.69) is 28.1 Å². The van der Waals surface area contributed by atoms with Crippen molar-refractivity contribution in [2.24, 2.45) is 7.05 Å². The molecule has 3 aromatic rings. The molecule has 1 aliphatic rings. The van der Waals surface area contributed by atoms with Gasteiger partial charge in [-0.3, -0.25) is 4.90 Å². The van der Waals surface area contributed by atoms with Crippen LogP contribution in [0.2, 0.25) is 0 Å². The molecule has 3 heterocycles. The van der Waals surface area contributed by atoms with Gasteiger partial charge in [-0.1, -0.05) is 24.3 Å². The molecule has 130 valence electrons. The zero-order valence-corrected chi connectivity index (χ0v) is 14.4. The molecule has 0 aliphatic carbocycles. The zero-order valence-electron chi connectivity index (χ0n) is 14.4. The number of hydrogen-bond acceptors (Lipinski definition) is 4. The summed E-state index contributed by atoms with van der Waals surface area (Å²) < 4.78 is 7.39. The average Bonchev–Trinajstić information content (AvgIpc) is 3.04. The van der Waals surface area contributed by atoms with Gasteiger partial charge < -0.3 is 14.4 Å². The third kappa shape index (κ3) is 3.31. The van der Waals surface area contributed by atoms with E-state index < -0.39 is 6.10 Å². The summed E-state index contributed by atoms with van der Waals surface area (Å²) in [4.78, 5) is 6.69. The van der Waals surface area contributed by atoms with E-state index in [0.717, 1.165) is 48.5 Å². The molecule has 1 N–H and O–H groups in total. The van der Waals surface area contributed by atoms with Gasteiger partial charge in [0.15, 0.2) is 0 Å². The summed E-state index contributed by atoms with van der Waals surface area (Å²) in [5.41, 5.74) is 4.24. The highest BCUT2D eigenvalue weighted by Crippen LogP contribution is 2.29. The van der Waals surface area contributed by atoms with E-state index in [1.165, 1.54) is 5.56 Å². The van der Waals surface area contributed by atoms with Gasteiger partial charge in [0, 0.05) is 44.5 Å². The Morgan fingerprint density at radius 3 is 2.64 bits per heavy atom. The SMILES string of the molecule is Cn1ccc2c(-c3ccc([C@H](O)CN4CCOCC4)cc3)ccnc21. The quantitative estimate of drug-likeness (QED) is 0.795. The van der Waals surface area contributed by atoms with Crippen molar-refractivity contribution >= 4 is 11.0 Å². The van der Waals surface area contributed by atoms with Crippen molar-refractivity contribution in [1.29, 1.82) is 0 Å². The summed E-state index contributed by atoms with van der Waals surface area (Å²) in [5, 5.41) is 11.7. The molecule has 1 fully saturated rings. The van der Waals surface area contributed by atoms with Gasteiger partial charge in [0.1, 0.15) is 5.65 Å². The maximum atomic E-state index is 10.5. The van der Waals surface area contributed by atoms with Crippen molar-refractivity contribution in [2.75, 3.05) is 32.8 Å². The standard InChI is InChI=1S/C20H23N3O2/c1-22-9-7-18-17(6-8-21-20(18)22)15-2-4-16(5-3-15)19(24)14-23-10-12-25-13-11-23/h2-9,19,24H,10-14H2,1H3/t19-/m1/s1. The predicted molar refractivity (Wildman–Crippen MR) is 98.4 cm³/mol. The highest BCUT2D eigenvalue weighted by molar-refractivity contribution is 5.93. The third-order valence-corrected chi connectivity index (χ3v) is 4.91. The minimum absolute atomic E-state index is 0.471. The fraction of sp³-hybridized carbons (Fsp3) is 0.350. The lowest BCUT2D eigenvalue weighted by Crippen LogP contribution is -2.38. The maximum absolute atomic E-state index is 10.5. The molecule has 5 nitrogen and oxygen atoms in total. The van der Waals surface area contributed by atoms with Crippen LogP contribution in [0.25, 0.3) is 22.2 Å². The summed E-state index contributed by atoms with van der Waals surface area (Å²) >= 11 is 0. The minimum Gasteiger partial charge on any atom is -0.387 e. The van der Waals surface area contributed by atoms with Crippen molar-refractivity contribution in [3.05, 3.63) is 54.4 Å². The van der Waals surface area contributed by atoms with Crippen LogP contribution in [0.5, 0.6) is 0 Å². The second-order valence-corrected chi connectivity index (χ2v) is 6.57. The molecule has 25 heavy (non-hydrogen) atoms. The number of hydrogen-bond donors (Lipinski definition) is 1. The minimum atomic E-state index is -0.471. The van der Waals surface area contributed by atoms with Crippen molar-refractivity contribution in [3.63, 3.8) is 0 Å². The Bertz CT molecular complexity index is 851. The van der Waals surface area contributed by atoms with Crippen molar-refractivity contribution < 1.29 is 9.84 Å². The first-order valence-electron chi connectivity index (χ1n) is 8.71. The molecule has 1 saturated heterocycles. The van der Waals surface area contributed by atoms with Crippen molar-refractivity contribution in [1.82, 2.24) is 14.5 Å².